The Labute approximate surface area is 121 Å². The van der Waals surface area contributed by atoms with Crippen LogP contribution in [0.25, 0.3) is 0 Å². The van der Waals surface area contributed by atoms with E-state index in [9.17, 15) is 0 Å². The number of rotatable bonds is 7. The highest BCUT2D eigenvalue weighted by molar-refractivity contribution is 5.39. The summed E-state index contributed by atoms with van der Waals surface area (Å²) in [5, 5.41) is 12.1. The van der Waals surface area contributed by atoms with Crippen LogP contribution in [0.4, 0.5) is 5.82 Å². The Morgan fingerprint density at radius 1 is 1.40 bits per heavy atom. The molecule has 20 heavy (non-hydrogen) atoms. The SMILES string of the molecule is CCNCc1ccc(N2CCC(OCCO)CC2)nc1. The van der Waals surface area contributed by atoms with E-state index in [4.69, 9.17) is 9.84 Å². The van der Waals surface area contributed by atoms with Crippen molar-refractivity contribution in [3.63, 3.8) is 0 Å². The first-order valence-corrected chi connectivity index (χ1v) is 7.46. The van der Waals surface area contributed by atoms with E-state index in [1.807, 2.05) is 6.20 Å². The Kier molecular flexibility index (Phi) is 6.24. The number of piperidine rings is 1. The van der Waals surface area contributed by atoms with E-state index in [2.05, 4.69) is 34.3 Å². The molecule has 1 aliphatic rings. The smallest absolute Gasteiger partial charge is 0.128 e. The molecule has 5 nitrogen and oxygen atoms in total. The van der Waals surface area contributed by atoms with Gasteiger partial charge in [-0.3, -0.25) is 0 Å². The lowest BCUT2D eigenvalue weighted by atomic mass is 10.1. The van der Waals surface area contributed by atoms with Crippen LogP contribution >= 0.6 is 0 Å². The van der Waals surface area contributed by atoms with E-state index in [1.165, 1.54) is 5.56 Å². The minimum absolute atomic E-state index is 0.106. The van der Waals surface area contributed by atoms with E-state index in [0.29, 0.717) is 6.61 Å². The summed E-state index contributed by atoms with van der Waals surface area (Å²) >= 11 is 0. The molecule has 112 valence electrons. The lowest BCUT2D eigenvalue weighted by Crippen LogP contribution is -2.37. The maximum absolute atomic E-state index is 8.76. The van der Waals surface area contributed by atoms with Crippen LogP contribution in [0, 0.1) is 0 Å². The van der Waals surface area contributed by atoms with Gasteiger partial charge in [0.2, 0.25) is 0 Å². The molecule has 0 saturated carbocycles. The maximum atomic E-state index is 8.76. The van der Waals surface area contributed by atoms with Crippen LogP contribution in [0.3, 0.4) is 0 Å². The number of ether oxygens (including phenoxy) is 1. The predicted molar refractivity (Wildman–Crippen MR) is 79.9 cm³/mol. The molecule has 2 rings (SSSR count). The molecular formula is C15H25N3O2. The molecule has 0 aromatic carbocycles. The number of anilines is 1. The van der Waals surface area contributed by atoms with Crippen molar-refractivity contribution < 1.29 is 9.84 Å². The van der Waals surface area contributed by atoms with Crippen LogP contribution in [0.2, 0.25) is 0 Å². The number of nitrogens with one attached hydrogen (secondary N) is 1. The van der Waals surface area contributed by atoms with Crippen LogP contribution < -0.4 is 10.2 Å². The molecular weight excluding hydrogens is 254 g/mol. The molecule has 0 atom stereocenters. The third kappa shape index (κ3) is 4.44. The van der Waals surface area contributed by atoms with Crippen LogP contribution in [-0.2, 0) is 11.3 Å². The van der Waals surface area contributed by atoms with Crippen molar-refractivity contribution in [2.75, 3.05) is 37.7 Å². The van der Waals surface area contributed by atoms with Gasteiger partial charge in [-0.25, -0.2) is 4.98 Å². The summed E-state index contributed by atoms with van der Waals surface area (Å²) in [5.41, 5.74) is 1.22. The van der Waals surface area contributed by atoms with Crippen LogP contribution in [0.1, 0.15) is 25.3 Å². The van der Waals surface area contributed by atoms with E-state index in [0.717, 1.165) is 44.8 Å². The van der Waals surface area contributed by atoms with Gasteiger partial charge in [-0.15, -0.1) is 0 Å². The number of aliphatic hydroxyl groups is 1. The van der Waals surface area contributed by atoms with Gasteiger partial charge in [0.1, 0.15) is 5.82 Å². The zero-order chi connectivity index (χ0) is 14.2. The Morgan fingerprint density at radius 3 is 2.80 bits per heavy atom. The second-order valence-electron chi connectivity index (χ2n) is 5.09. The maximum Gasteiger partial charge on any atom is 0.128 e. The van der Waals surface area contributed by atoms with Crippen molar-refractivity contribution in [3.8, 4) is 0 Å². The Balaban J connectivity index is 1.81. The molecule has 0 aliphatic carbocycles. The minimum Gasteiger partial charge on any atom is -0.394 e. The zero-order valence-electron chi connectivity index (χ0n) is 12.2. The monoisotopic (exact) mass is 279 g/mol. The summed E-state index contributed by atoms with van der Waals surface area (Å²) < 4.78 is 5.57. The molecule has 1 aromatic heterocycles. The van der Waals surface area contributed by atoms with Gasteiger partial charge in [0.25, 0.3) is 0 Å². The quantitative estimate of drug-likeness (QED) is 0.784. The fraction of sp³-hybridized carbons (Fsp3) is 0.667. The average molecular weight is 279 g/mol. The Hall–Kier alpha value is -1.17. The zero-order valence-corrected chi connectivity index (χ0v) is 12.2. The molecule has 0 spiro atoms. The third-order valence-corrected chi connectivity index (χ3v) is 3.60. The first kappa shape index (κ1) is 15.2. The number of pyridine rings is 1. The highest BCUT2D eigenvalue weighted by Gasteiger charge is 2.20. The molecule has 1 aliphatic heterocycles. The fourth-order valence-corrected chi connectivity index (χ4v) is 2.45. The highest BCUT2D eigenvalue weighted by Crippen LogP contribution is 2.19. The summed E-state index contributed by atoms with van der Waals surface area (Å²) in [4.78, 5) is 6.85. The van der Waals surface area contributed by atoms with Gasteiger partial charge in [0.15, 0.2) is 0 Å². The summed E-state index contributed by atoms with van der Waals surface area (Å²) in [6.45, 7) is 6.44. The lowest BCUT2D eigenvalue weighted by molar-refractivity contribution is 0.0158. The van der Waals surface area contributed by atoms with Gasteiger partial charge >= 0.3 is 0 Å². The van der Waals surface area contributed by atoms with Crippen molar-refractivity contribution >= 4 is 5.82 Å². The standard InChI is InChI=1S/C15H25N3O2/c1-2-16-11-13-3-4-15(17-12-13)18-7-5-14(6-8-18)20-10-9-19/h3-4,12,14,16,19H,2,5-11H2,1H3. The topological polar surface area (TPSA) is 57.6 Å². The second kappa shape index (κ2) is 8.19. The second-order valence-corrected chi connectivity index (χ2v) is 5.09. The van der Waals surface area contributed by atoms with Gasteiger partial charge in [-0.1, -0.05) is 13.0 Å². The van der Waals surface area contributed by atoms with E-state index in [-0.39, 0.29) is 12.7 Å². The molecule has 0 bridgehead atoms. The number of nitrogens with zero attached hydrogens (tertiary/aromatic N) is 2. The van der Waals surface area contributed by atoms with Crippen LogP contribution in [-0.4, -0.2) is 49.0 Å². The molecule has 1 saturated heterocycles. The van der Waals surface area contributed by atoms with E-state index in [1.54, 1.807) is 0 Å². The van der Waals surface area contributed by atoms with Gasteiger partial charge in [-0.2, -0.15) is 0 Å². The number of aliphatic hydroxyl groups excluding tert-OH is 1. The van der Waals surface area contributed by atoms with Crippen molar-refractivity contribution in [2.45, 2.75) is 32.4 Å². The molecule has 0 unspecified atom stereocenters. The number of hydrogen-bond acceptors (Lipinski definition) is 5. The summed E-state index contributed by atoms with van der Waals surface area (Å²) in [7, 11) is 0. The predicted octanol–water partition coefficient (Wildman–Crippen LogP) is 1.17. The first-order valence-electron chi connectivity index (χ1n) is 7.46. The fourth-order valence-electron chi connectivity index (χ4n) is 2.45. The lowest BCUT2D eigenvalue weighted by Gasteiger charge is -2.32. The molecule has 1 fully saturated rings. The third-order valence-electron chi connectivity index (χ3n) is 3.60. The summed E-state index contributed by atoms with van der Waals surface area (Å²) in [6.07, 6.45) is 4.24. The normalized spacial score (nSPS) is 16.6. The molecule has 0 radical (unpaired) electrons. The Morgan fingerprint density at radius 2 is 2.20 bits per heavy atom. The average Bonchev–Trinajstić information content (AvgIpc) is 2.52. The van der Waals surface area contributed by atoms with Gasteiger partial charge < -0.3 is 20.1 Å². The van der Waals surface area contributed by atoms with Crippen molar-refractivity contribution in [2.24, 2.45) is 0 Å². The van der Waals surface area contributed by atoms with Crippen molar-refractivity contribution in [1.82, 2.24) is 10.3 Å². The molecule has 2 heterocycles. The van der Waals surface area contributed by atoms with Crippen molar-refractivity contribution in [1.29, 1.82) is 0 Å². The molecule has 1 aromatic rings. The van der Waals surface area contributed by atoms with Crippen molar-refractivity contribution in [3.05, 3.63) is 23.9 Å². The minimum atomic E-state index is 0.106. The van der Waals surface area contributed by atoms with Crippen LogP contribution in [0.15, 0.2) is 18.3 Å². The van der Waals surface area contributed by atoms with Crippen LogP contribution in [0.5, 0.6) is 0 Å². The first-order chi connectivity index (χ1) is 9.83. The summed E-state index contributed by atoms with van der Waals surface area (Å²) in [5.74, 6) is 1.05. The Bertz CT molecular complexity index is 375. The van der Waals surface area contributed by atoms with Gasteiger partial charge in [0, 0.05) is 25.8 Å². The van der Waals surface area contributed by atoms with E-state index >= 15 is 0 Å². The van der Waals surface area contributed by atoms with Gasteiger partial charge in [0.05, 0.1) is 19.3 Å². The summed E-state index contributed by atoms with van der Waals surface area (Å²) in [6, 6.07) is 4.24. The largest absolute Gasteiger partial charge is 0.394 e. The van der Waals surface area contributed by atoms with E-state index < -0.39 is 0 Å². The molecule has 2 N–H and O–H groups in total. The van der Waals surface area contributed by atoms with Gasteiger partial charge in [-0.05, 0) is 31.0 Å². The molecule has 5 heteroatoms. The highest BCUT2D eigenvalue weighted by atomic mass is 16.5. The number of aromatic nitrogens is 1. The molecule has 0 amide bonds. The number of hydrogen-bond donors (Lipinski definition) is 2.